The van der Waals surface area contributed by atoms with Crippen molar-refractivity contribution in [1.29, 1.82) is 0 Å². The molecule has 0 radical (unpaired) electrons. The molecule has 0 aliphatic rings. The maximum Gasteiger partial charge on any atom is 0.308 e. The number of carboxylic acids is 1. The molecule has 1 aromatic carbocycles. The lowest BCUT2D eigenvalue weighted by molar-refractivity contribution is -0.142. The zero-order chi connectivity index (χ0) is 18.3. The van der Waals surface area contributed by atoms with Gasteiger partial charge in [-0.2, -0.15) is 0 Å². The number of aliphatic carboxylic acids is 1. The predicted molar refractivity (Wildman–Crippen MR) is 91.2 cm³/mol. The van der Waals surface area contributed by atoms with Crippen molar-refractivity contribution in [3.63, 3.8) is 0 Å². The summed E-state index contributed by atoms with van der Waals surface area (Å²) in [6.07, 6.45) is 0.313. The van der Waals surface area contributed by atoms with Gasteiger partial charge in [-0.3, -0.25) is 14.4 Å². The highest BCUT2D eigenvalue weighted by Crippen LogP contribution is 2.22. The van der Waals surface area contributed by atoms with Crippen LogP contribution < -0.4 is 10.6 Å². The van der Waals surface area contributed by atoms with Crippen LogP contribution in [0, 0.1) is 11.3 Å². The summed E-state index contributed by atoms with van der Waals surface area (Å²) in [5.74, 6) is -2.41. The Morgan fingerprint density at radius 2 is 1.67 bits per heavy atom. The molecule has 6 heteroatoms. The molecule has 6 nitrogen and oxygen atoms in total. The van der Waals surface area contributed by atoms with E-state index in [9.17, 15) is 19.5 Å². The van der Waals surface area contributed by atoms with E-state index in [1.54, 1.807) is 31.2 Å². The Hall–Kier alpha value is -2.37. The predicted octanol–water partition coefficient (Wildman–Crippen LogP) is 2.12. The summed E-state index contributed by atoms with van der Waals surface area (Å²) in [5, 5.41) is 14.5. The monoisotopic (exact) mass is 334 g/mol. The fourth-order valence-corrected chi connectivity index (χ4v) is 2.25. The van der Waals surface area contributed by atoms with Crippen LogP contribution >= 0.6 is 0 Å². The average Bonchev–Trinajstić information content (AvgIpc) is 2.49. The lowest BCUT2D eigenvalue weighted by Crippen LogP contribution is -2.42. The molecule has 1 rings (SSSR count). The van der Waals surface area contributed by atoms with Gasteiger partial charge in [0.15, 0.2) is 0 Å². The number of hydrogen-bond acceptors (Lipinski definition) is 3. The van der Waals surface area contributed by atoms with E-state index in [4.69, 9.17) is 0 Å². The number of carbonyl (C=O) groups excluding carboxylic acids is 2. The molecule has 0 aliphatic carbocycles. The van der Waals surface area contributed by atoms with E-state index in [0.717, 1.165) is 0 Å². The van der Waals surface area contributed by atoms with E-state index >= 15 is 0 Å². The molecule has 3 N–H and O–H groups in total. The number of carbonyl (C=O) groups is 3. The molecular weight excluding hydrogens is 308 g/mol. The van der Waals surface area contributed by atoms with Gasteiger partial charge in [-0.25, -0.2) is 0 Å². The summed E-state index contributed by atoms with van der Waals surface area (Å²) in [5.41, 5.74) is 0.548. The third-order valence-corrected chi connectivity index (χ3v) is 3.50. The van der Waals surface area contributed by atoms with Crippen molar-refractivity contribution in [2.24, 2.45) is 11.3 Å². The van der Waals surface area contributed by atoms with Crippen molar-refractivity contribution in [2.75, 3.05) is 6.54 Å². The first-order valence-electron chi connectivity index (χ1n) is 7.94. The fraction of sp³-hybridized carbons (Fsp3) is 0.500. The van der Waals surface area contributed by atoms with E-state index in [1.165, 1.54) is 0 Å². The third-order valence-electron chi connectivity index (χ3n) is 3.50. The van der Waals surface area contributed by atoms with E-state index < -0.39 is 23.8 Å². The Kier molecular flexibility index (Phi) is 6.95. The molecule has 0 aromatic heterocycles. The van der Waals surface area contributed by atoms with E-state index in [-0.39, 0.29) is 17.9 Å². The average molecular weight is 334 g/mol. The number of hydrogen-bond donors (Lipinski definition) is 3. The molecule has 2 unspecified atom stereocenters. The van der Waals surface area contributed by atoms with Crippen LogP contribution in [-0.2, 0) is 14.4 Å². The van der Waals surface area contributed by atoms with Crippen LogP contribution in [0.3, 0.4) is 0 Å². The Morgan fingerprint density at radius 3 is 2.17 bits per heavy atom. The SMILES string of the molecule is CC(C(=O)O)C(NC(=O)CNC(=O)CC(C)(C)C)c1ccccc1. The minimum atomic E-state index is -0.999. The maximum absolute atomic E-state index is 12.1. The molecular formula is C18H26N2O4. The highest BCUT2D eigenvalue weighted by molar-refractivity contribution is 5.85. The highest BCUT2D eigenvalue weighted by Gasteiger charge is 2.27. The zero-order valence-corrected chi connectivity index (χ0v) is 14.6. The number of carboxylic acid groups (broad SMARTS) is 1. The first kappa shape index (κ1) is 19.7. The topological polar surface area (TPSA) is 95.5 Å². The Balaban J connectivity index is 2.68. The molecule has 0 bridgehead atoms. The van der Waals surface area contributed by atoms with Crippen molar-refractivity contribution in [3.05, 3.63) is 35.9 Å². The van der Waals surface area contributed by atoms with Gasteiger partial charge in [0, 0.05) is 6.42 Å². The summed E-state index contributed by atoms with van der Waals surface area (Å²) >= 11 is 0. The molecule has 2 atom stereocenters. The zero-order valence-electron chi connectivity index (χ0n) is 14.6. The van der Waals surface area contributed by atoms with Crippen molar-refractivity contribution in [2.45, 2.75) is 40.2 Å². The second kappa shape index (κ2) is 8.47. The molecule has 0 saturated carbocycles. The van der Waals surface area contributed by atoms with E-state index in [0.29, 0.717) is 12.0 Å². The standard InChI is InChI=1S/C18H26N2O4/c1-12(17(23)24)16(13-8-6-5-7-9-13)20-15(22)11-19-14(21)10-18(2,3)4/h5-9,12,16H,10-11H2,1-4H3,(H,19,21)(H,20,22)(H,23,24). The number of rotatable bonds is 7. The van der Waals surface area contributed by atoms with Crippen LogP contribution in [0.15, 0.2) is 30.3 Å². The second-order valence-corrected chi connectivity index (χ2v) is 7.10. The van der Waals surface area contributed by atoms with Crippen molar-refractivity contribution < 1.29 is 19.5 Å². The molecule has 0 spiro atoms. The first-order chi connectivity index (χ1) is 11.1. The molecule has 132 valence electrons. The van der Waals surface area contributed by atoms with Gasteiger partial charge in [0.1, 0.15) is 0 Å². The highest BCUT2D eigenvalue weighted by atomic mass is 16.4. The van der Waals surface area contributed by atoms with Crippen LogP contribution in [0.1, 0.15) is 45.7 Å². The molecule has 1 aromatic rings. The van der Waals surface area contributed by atoms with Gasteiger partial charge in [0.2, 0.25) is 11.8 Å². The minimum Gasteiger partial charge on any atom is -0.481 e. The molecule has 0 aliphatic heterocycles. The van der Waals surface area contributed by atoms with Crippen LogP contribution in [-0.4, -0.2) is 29.4 Å². The number of nitrogens with one attached hydrogen (secondary N) is 2. The third kappa shape index (κ3) is 6.81. The molecule has 0 heterocycles. The number of benzene rings is 1. The van der Waals surface area contributed by atoms with Gasteiger partial charge in [-0.15, -0.1) is 0 Å². The van der Waals surface area contributed by atoms with Crippen molar-refractivity contribution >= 4 is 17.8 Å². The first-order valence-corrected chi connectivity index (χ1v) is 7.94. The molecule has 0 fully saturated rings. The van der Waals surface area contributed by atoms with Crippen LogP contribution in [0.2, 0.25) is 0 Å². The van der Waals surface area contributed by atoms with Crippen molar-refractivity contribution in [1.82, 2.24) is 10.6 Å². The van der Waals surface area contributed by atoms with Crippen molar-refractivity contribution in [3.8, 4) is 0 Å². The van der Waals surface area contributed by atoms with Gasteiger partial charge in [-0.1, -0.05) is 51.1 Å². The van der Waals surface area contributed by atoms with Gasteiger partial charge in [-0.05, 0) is 17.9 Å². The summed E-state index contributed by atoms with van der Waals surface area (Å²) in [6.45, 7) is 7.18. The van der Waals surface area contributed by atoms with Crippen LogP contribution in [0.4, 0.5) is 0 Å². The largest absolute Gasteiger partial charge is 0.481 e. The second-order valence-electron chi connectivity index (χ2n) is 7.10. The van der Waals surface area contributed by atoms with Gasteiger partial charge in [0.25, 0.3) is 0 Å². The van der Waals surface area contributed by atoms with Crippen LogP contribution in [0.5, 0.6) is 0 Å². The van der Waals surface area contributed by atoms with Crippen LogP contribution in [0.25, 0.3) is 0 Å². The molecule has 2 amide bonds. The lowest BCUT2D eigenvalue weighted by Gasteiger charge is -2.23. The van der Waals surface area contributed by atoms with E-state index in [2.05, 4.69) is 10.6 Å². The normalized spacial score (nSPS) is 13.7. The molecule has 24 heavy (non-hydrogen) atoms. The minimum absolute atomic E-state index is 0.162. The Bertz CT molecular complexity index is 578. The smallest absolute Gasteiger partial charge is 0.308 e. The Morgan fingerprint density at radius 1 is 1.08 bits per heavy atom. The molecule has 0 saturated heterocycles. The van der Waals surface area contributed by atoms with Gasteiger partial charge >= 0.3 is 5.97 Å². The van der Waals surface area contributed by atoms with Gasteiger partial charge in [0.05, 0.1) is 18.5 Å². The lowest BCUT2D eigenvalue weighted by atomic mass is 9.92. The summed E-state index contributed by atoms with van der Waals surface area (Å²) < 4.78 is 0. The van der Waals surface area contributed by atoms with Gasteiger partial charge < -0.3 is 15.7 Å². The maximum atomic E-state index is 12.1. The summed E-state index contributed by atoms with van der Waals surface area (Å²) in [4.78, 5) is 35.2. The Labute approximate surface area is 142 Å². The van der Waals surface area contributed by atoms with E-state index in [1.807, 2.05) is 26.8 Å². The quantitative estimate of drug-likeness (QED) is 0.712. The fourth-order valence-electron chi connectivity index (χ4n) is 2.25. The summed E-state index contributed by atoms with van der Waals surface area (Å²) in [6, 6.07) is 8.27. The summed E-state index contributed by atoms with van der Waals surface area (Å²) in [7, 11) is 0. The number of amides is 2.